The predicted molar refractivity (Wildman–Crippen MR) is 64.8 cm³/mol. The van der Waals surface area contributed by atoms with Gasteiger partial charge < -0.3 is 20.1 Å². The first-order valence-corrected chi connectivity index (χ1v) is 6.04. The van der Waals surface area contributed by atoms with Crippen LogP contribution in [0.15, 0.2) is 0 Å². The first-order valence-electron chi connectivity index (χ1n) is 6.04. The van der Waals surface area contributed by atoms with Gasteiger partial charge in [0.05, 0.1) is 13.2 Å². The second-order valence-corrected chi connectivity index (χ2v) is 4.06. The highest BCUT2D eigenvalue weighted by molar-refractivity contribution is 5.77. The van der Waals surface area contributed by atoms with Crippen molar-refractivity contribution >= 4 is 5.91 Å². The Hall–Kier alpha value is -0.690. The molecule has 1 amide bonds. The number of hydrogen-bond acceptors (Lipinski definition) is 5. The van der Waals surface area contributed by atoms with Crippen molar-refractivity contribution in [1.82, 2.24) is 9.80 Å². The van der Waals surface area contributed by atoms with Gasteiger partial charge in [0, 0.05) is 46.4 Å². The van der Waals surface area contributed by atoms with E-state index in [9.17, 15) is 4.79 Å². The number of rotatable bonds is 7. The van der Waals surface area contributed by atoms with Crippen molar-refractivity contribution in [3.8, 4) is 0 Å². The summed E-state index contributed by atoms with van der Waals surface area (Å²) in [5.41, 5.74) is 5.49. The Morgan fingerprint density at radius 1 is 1.24 bits per heavy atom. The molecule has 0 aromatic carbocycles. The van der Waals surface area contributed by atoms with Gasteiger partial charge in [0.15, 0.2) is 0 Å². The number of carbonyl (C=O) groups excluding carboxylic acids is 1. The summed E-state index contributed by atoms with van der Waals surface area (Å²) < 4.78 is 10.1. The number of methoxy groups -OCH3 is 1. The van der Waals surface area contributed by atoms with E-state index in [0.717, 1.165) is 32.7 Å². The molecule has 1 aliphatic rings. The van der Waals surface area contributed by atoms with E-state index in [0.29, 0.717) is 19.8 Å². The Labute approximate surface area is 103 Å². The van der Waals surface area contributed by atoms with Crippen LogP contribution in [0.2, 0.25) is 0 Å². The molecule has 0 aromatic rings. The van der Waals surface area contributed by atoms with Gasteiger partial charge in [0.1, 0.15) is 6.61 Å². The molecule has 17 heavy (non-hydrogen) atoms. The van der Waals surface area contributed by atoms with Gasteiger partial charge in [-0.1, -0.05) is 0 Å². The third-order valence-electron chi connectivity index (χ3n) is 2.83. The van der Waals surface area contributed by atoms with Gasteiger partial charge in [-0.25, -0.2) is 0 Å². The molecule has 1 rings (SSSR count). The zero-order chi connectivity index (χ0) is 12.5. The number of ether oxygens (including phenoxy) is 2. The van der Waals surface area contributed by atoms with Crippen LogP contribution in [-0.4, -0.2) is 81.9 Å². The van der Waals surface area contributed by atoms with Crippen LogP contribution in [0.1, 0.15) is 0 Å². The summed E-state index contributed by atoms with van der Waals surface area (Å²) in [6.07, 6.45) is 0. The molecule has 0 radical (unpaired) electrons. The lowest BCUT2D eigenvalue weighted by atomic mass is 10.3. The van der Waals surface area contributed by atoms with E-state index in [4.69, 9.17) is 15.2 Å². The molecule has 0 atom stereocenters. The van der Waals surface area contributed by atoms with Crippen molar-refractivity contribution in [1.29, 1.82) is 0 Å². The lowest BCUT2D eigenvalue weighted by molar-refractivity contribution is -0.138. The summed E-state index contributed by atoms with van der Waals surface area (Å²) in [6.45, 7) is 6.08. The van der Waals surface area contributed by atoms with Crippen molar-refractivity contribution in [2.45, 2.75) is 0 Å². The van der Waals surface area contributed by atoms with Crippen LogP contribution in [0.25, 0.3) is 0 Å². The van der Waals surface area contributed by atoms with Crippen LogP contribution < -0.4 is 5.73 Å². The van der Waals surface area contributed by atoms with Crippen LogP contribution in [0.3, 0.4) is 0 Å². The van der Waals surface area contributed by atoms with Gasteiger partial charge in [-0.15, -0.1) is 0 Å². The van der Waals surface area contributed by atoms with Gasteiger partial charge in [-0.3, -0.25) is 9.69 Å². The molecule has 0 bridgehead atoms. The monoisotopic (exact) mass is 245 g/mol. The molecule has 0 aromatic heterocycles. The molecule has 2 N–H and O–H groups in total. The molecular weight excluding hydrogens is 222 g/mol. The summed E-state index contributed by atoms with van der Waals surface area (Å²) in [5.74, 6) is 0.0634. The van der Waals surface area contributed by atoms with E-state index >= 15 is 0 Å². The topological polar surface area (TPSA) is 68.0 Å². The number of nitrogens with two attached hydrogens (primary N) is 1. The molecule has 100 valence electrons. The molecule has 1 fully saturated rings. The number of hydrogen-bond donors (Lipinski definition) is 1. The van der Waals surface area contributed by atoms with Crippen molar-refractivity contribution in [3.05, 3.63) is 0 Å². The Kier molecular flexibility index (Phi) is 7.11. The second kappa shape index (κ2) is 8.41. The maximum absolute atomic E-state index is 11.7. The molecule has 6 nitrogen and oxygen atoms in total. The highest BCUT2D eigenvalue weighted by atomic mass is 16.5. The third-order valence-corrected chi connectivity index (χ3v) is 2.83. The summed E-state index contributed by atoms with van der Waals surface area (Å²) >= 11 is 0. The zero-order valence-corrected chi connectivity index (χ0v) is 10.6. The average molecular weight is 245 g/mol. The Balaban J connectivity index is 2.12. The fourth-order valence-electron chi connectivity index (χ4n) is 1.80. The molecule has 6 heteroatoms. The number of amides is 1. The van der Waals surface area contributed by atoms with Crippen LogP contribution in [-0.2, 0) is 14.3 Å². The number of carbonyl (C=O) groups is 1. The van der Waals surface area contributed by atoms with E-state index in [2.05, 4.69) is 4.90 Å². The molecule has 0 unspecified atom stereocenters. The van der Waals surface area contributed by atoms with E-state index in [1.165, 1.54) is 0 Å². The van der Waals surface area contributed by atoms with Gasteiger partial charge in [0.2, 0.25) is 5.91 Å². The summed E-state index contributed by atoms with van der Waals surface area (Å²) in [6, 6.07) is 0. The highest BCUT2D eigenvalue weighted by Gasteiger charge is 2.20. The van der Waals surface area contributed by atoms with Crippen molar-refractivity contribution in [2.75, 3.05) is 66.2 Å². The maximum atomic E-state index is 11.7. The minimum atomic E-state index is 0.0634. The fraction of sp³-hybridized carbons (Fsp3) is 0.909. The van der Waals surface area contributed by atoms with E-state index < -0.39 is 0 Å². The molecule has 0 spiro atoms. The summed E-state index contributed by atoms with van der Waals surface area (Å²) in [7, 11) is 1.61. The smallest absolute Gasteiger partial charge is 0.248 e. The lowest BCUT2D eigenvalue weighted by Gasteiger charge is -2.34. The first-order chi connectivity index (χ1) is 8.27. The average Bonchev–Trinajstić information content (AvgIpc) is 2.36. The standard InChI is InChI=1S/C11H23N3O3/c1-16-8-9-17-10-11(15)14-6-4-13(3-2-12)5-7-14/h2-10,12H2,1H3. The molecule has 0 aliphatic carbocycles. The van der Waals surface area contributed by atoms with E-state index in [1.54, 1.807) is 7.11 Å². The quantitative estimate of drug-likeness (QED) is 0.568. The summed E-state index contributed by atoms with van der Waals surface area (Å²) in [5, 5.41) is 0. The van der Waals surface area contributed by atoms with E-state index in [-0.39, 0.29) is 12.5 Å². The fourth-order valence-corrected chi connectivity index (χ4v) is 1.80. The third kappa shape index (κ3) is 5.45. The number of piperazine rings is 1. The Bertz CT molecular complexity index is 218. The minimum absolute atomic E-state index is 0.0634. The molecule has 1 heterocycles. The van der Waals surface area contributed by atoms with Crippen molar-refractivity contribution in [3.63, 3.8) is 0 Å². The normalized spacial score (nSPS) is 17.4. The van der Waals surface area contributed by atoms with Gasteiger partial charge in [-0.05, 0) is 0 Å². The van der Waals surface area contributed by atoms with Gasteiger partial charge >= 0.3 is 0 Å². The van der Waals surface area contributed by atoms with Crippen molar-refractivity contribution < 1.29 is 14.3 Å². The SMILES string of the molecule is COCCOCC(=O)N1CCN(CCN)CC1. The largest absolute Gasteiger partial charge is 0.382 e. The van der Waals surface area contributed by atoms with Crippen LogP contribution in [0.4, 0.5) is 0 Å². The second-order valence-electron chi connectivity index (χ2n) is 4.06. The van der Waals surface area contributed by atoms with Crippen LogP contribution in [0, 0.1) is 0 Å². The first kappa shape index (κ1) is 14.4. The minimum Gasteiger partial charge on any atom is -0.382 e. The molecule has 1 aliphatic heterocycles. The predicted octanol–water partition coefficient (Wildman–Crippen LogP) is -1.25. The maximum Gasteiger partial charge on any atom is 0.248 e. The van der Waals surface area contributed by atoms with Gasteiger partial charge in [-0.2, -0.15) is 0 Å². The lowest BCUT2D eigenvalue weighted by Crippen LogP contribution is -2.50. The zero-order valence-electron chi connectivity index (χ0n) is 10.6. The molecule has 0 saturated carbocycles. The van der Waals surface area contributed by atoms with Crippen molar-refractivity contribution in [2.24, 2.45) is 5.73 Å². The van der Waals surface area contributed by atoms with Crippen LogP contribution >= 0.6 is 0 Å². The van der Waals surface area contributed by atoms with Gasteiger partial charge in [0.25, 0.3) is 0 Å². The Morgan fingerprint density at radius 2 is 1.94 bits per heavy atom. The number of nitrogens with zero attached hydrogens (tertiary/aromatic N) is 2. The van der Waals surface area contributed by atoms with Crippen LogP contribution in [0.5, 0.6) is 0 Å². The summed E-state index contributed by atoms with van der Waals surface area (Å²) in [4.78, 5) is 15.9. The van der Waals surface area contributed by atoms with E-state index in [1.807, 2.05) is 4.90 Å². The Morgan fingerprint density at radius 3 is 2.53 bits per heavy atom. The highest BCUT2D eigenvalue weighted by Crippen LogP contribution is 2.01. The molecular formula is C11H23N3O3. The molecule has 1 saturated heterocycles.